The SMILES string of the molecule is COc1cc(/C=C(\C[C@H]2c3cc(CCO)ccc3CC[C@H]2CO)C(=O)O[C@@H]2[C@H](OC(=O)CC[C@H]3[C@H]4C=C[C@]5(C[C@H]6CCC[C@H](C)[C@H]6[C@H]6C=C[C@@]35C[C@H]6O)C[C@H]4C)[C@@H](O)[C@H]3O[C@]2(O)C=C[C@H]3NC[C@H](C)O)ccc1O. The average molecular weight is 1020 g/mol. The quantitative estimate of drug-likeness (QED) is 0.0532. The van der Waals surface area contributed by atoms with Crippen LogP contribution in [0.3, 0.4) is 0 Å². The standard InChI is InChI=1S/C60H79NO13/c1-33-6-5-7-39-29-58-20-16-42(34(2)28-58)46(59(58)21-17-43(52(33)39)49(66)30-59)13-15-51(67)72-55-53(68)54-47(61-31-35(3)64)18-22-60(70,74-54)56(55)73-57(69)41(24-37-9-14-48(65)50(26-37)71-4)27-45-40(32-63)12-11-38-10-8-36(19-23-62)25-44(38)45/h8-10,14,16-18,20-22,24-26,33-35,39-40,42-43,45-47,49,52-56,61-66,68,70H,5-7,11-13,15,19,23,27-32H2,1-4H3/b41-24+/t33-,34+,35-,39+,40-,42-,43-,45+,46-,47+,49+,52+,53-,54-,55+,56+,58+,59+,60+/m0/s1. The Morgan fingerprint density at radius 2 is 1.76 bits per heavy atom. The van der Waals surface area contributed by atoms with Gasteiger partial charge in [-0.2, -0.15) is 0 Å². The van der Waals surface area contributed by atoms with Crippen LogP contribution in [0, 0.1) is 58.2 Å². The van der Waals surface area contributed by atoms with Crippen molar-refractivity contribution < 1.29 is 64.3 Å². The molecule has 8 aliphatic carbocycles. The molecule has 4 fully saturated rings. The van der Waals surface area contributed by atoms with Crippen LogP contribution in [-0.4, -0.2) is 123 Å². The minimum absolute atomic E-state index is 0.0283. The number of phenolic OH excluding ortho intramolecular Hbond substituents is 1. The third-order valence-electron chi connectivity index (χ3n) is 19.4. The van der Waals surface area contributed by atoms with Crippen LogP contribution < -0.4 is 10.1 Å². The number of hydrogen-bond donors (Lipinski definition) is 8. The highest BCUT2D eigenvalue weighted by Crippen LogP contribution is 2.71. The number of carbonyl (C=O) groups is 2. The zero-order valence-electron chi connectivity index (χ0n) is 43.4. The first-order valence-electron chi connectivity index (χ1n) is 27.6. The number of benzene rings is 2. The Balaban J connectivity index is 0.965. The van der Waals surface area contributed by atoms with E-state index >= 15 is 4.79 Å². The number of fused-ring (bicyclic) bond motifs is 5. The largest absolute Gasteiger partial charge is 0.504 e. The molecule has 2 aromatic rings. The second-order valence-electron chi connectivity index (χ2n) is 23.8. The molecular formula is C60H79NO13. The van der Waals surface area contributed by atoms with Crippen LogP contribution in [0.4, 0.5) is 0 Å². The number of carbonyl (C=O) groups excluding carboxylic acids is 2. The van der Waals surface area contributed by atoms with Crippen molar-refractivity contribution in [3.63, 3.8) is 0 Å². The van der Waals surface area contributed by atoms with Crippen LogP contribution in [0.1, 0.15) is 113 Å². The molecule has 2 aromatic carbocycles. The summed E-state index contributed by atoms with van der Waals surface area (Å²) in [5.41, 5.74) is 3.00. The van der Waals surface area contributed by atoms with Crippen LogP contribution in [0.25, 0.3) is 6.08 Å². The highest BCUT2D eigenvalue weighted by molar-refractivity contribution is 5.94. The zero-order chi connectivity index (χ0) is 52.3. The highest BCUT2D eigenvalue weighted by atomic mass is 16.7. The molecule has 3 saturated carbocycles. The summed E-state index contributed by atoms with van der Waals surface area (Å²) in [6.45, 7) is 6.21. The van der Waals surface area contributed by atoms with Crippen molar-refractivity contribution in [2.75, 3.05) is 26.9 Å². The molecule has 12 rings (SSSR count). The van der Waals surface area contributed by atoms with Crippen molar-refractivity contribution >= 4 is 18.0 Å². The van der Waals surface area contributed by atoms with E-state index in [1.54, 1.807) is 31.2 Å². The fraction of sp³-hybridized carbons (Fsp3) is 0.633. The minimum atomic E-state index is -2.37. The molecule has 0 amide bonds. The molecule has 0 unspecified atom stereocenters. The Labute approximate surface area is 435 Å². The number of aliphatic hydroxyl groups excluding tert-OH is 5. The van der Waals surface area contributed by atoms with E-state index in [4.69, 9.17) is 18.9 Å². The number of esters is 2. The van der Waals surface area contributed by atoms with Crippen molar-refractivity contribution in [2.24, 2.45) is 58.2 Å². The van der Waals surface area contributed by atoms with E-state index in [0.29, 0.717) is 61.3 Å². The van der Waals surface area contributed by atoms with Crippen LogP contribution in [-0.2, 0) is 36.6 Å². The molecule has 6 bridgehead atoms. The first-order valence-corrected chi connectivity index (χ1v) is 27.6. The van der Waals surface area contributed by atoms with Crippen LogP contribution in [0.5, 0.6) is 11.5 Å². The molecule has 8 N–H and O–H groups in total. The predicted molar refractivity (Wildman–Crippen MR) is 276 cm³/mol. The van der Waals surface area contributed by atoms with Gasteiger partial charge >= 0.3 is 11.9 Å². The summed E-state index contributed by atoms with van der Waals surface area (Å²) in [6, 6.07) is 9.93. The van der Waals surface area contributed by atoms with Gasteiger partial charge < -0.3 is 60.0 Å². The van der Waals surface area contributed by atoms with E-state index in [1.807, 2.05) is 18.2 Å². The van der Waals surface area contributed by atoms with Gasteiger partial charge in [0.25, 0.3) is 0 Å². The first kappa shape index (κ1) is 53.0. The third kappa shape index (κ3) is 9.62. The molecule has 14 heteroatoms. The topological polar surface area (TPSA) is 225 Å². The van der Waals surface area contributed by atoms with Crippen molar-refractivity contribution in [1.29, 1.82) is 0 Å². The van der Waals surface area contributed by atoms with Gasteiger partial charge in [0.2, 0.25) is 5.79 Å². The smallest absolute Gasteiger partial charge is 0.334 e. The Morgan fingerprint density at radius 3 is 2.50 bits per heavy atom. The normalized spacial score (nSPS) is 40.0. The molecule has 1 saturated heterocycles. The van der Waals surface area contributed by atoms with Gasteiger partial charge in [-0.25, -0.2) is 4.79 Å². The number of nitrogens with one attached hydrogen (secondary N) is 1. The second kappa shape index (κ2) is 21.2. The molecule has 74 heavy (non-hydrogen) atoms. The van der Waals surface area contributed by atoms with Crippen molar-refractivity contribution in [2.45, 2.75) is 152 Å². The second-order valence-corrected chi connectivity index (χ2v) is 23.8. The molecule has 2 heterocycles. The van der Waals surface area contributed by atoms with Crippen molar-refractivity contribution in [3.8, 4) is 11.5 Å². The van der Waals surface area contributed by atoms with Crippen LogP contribution >= 0.6 is 0 Å². The van der Waals surface area contributed by atoms with Crippen molar-refractivity contribution in [3.05, 3.63) is 101 Å². The van der Waals surface area contributed by atoms with Gasteiger partial charge in [0.05, 0.1) is 25.4 Å². The molecule has 10 aliphatic rings. The fourth-order valence-electron chi connectivity index (χ4n) is 16.0. The predicted octanol–water partition coefficient (Wildman–Crippen LogP) is 6.22. The van der Waals surface area contributed by atoms with E-state index in [9.17, 15) is 40.5 Å². The number of rotatable bonds is 16. The van der Waals surface area contributed by atoms with Gasteiger partial charge in [0.1, 0.15) is 12.2 Å². The molecule has 19 atom stereocenters. The Hall–Kier alpha value is -4.38. The molecule has 14 nitrogen and oxygen atoms in total. The maximum Gasteiger partial charge on any atom is 0.334 e. The summed E-state index contributed by atoms with van der Waals surface area (Å²) in [5, 5.41) is 81.4. The fourth-order valence-corrected chi connectivity index (χ4v) is 16.0. The molecule has 0 aromatic heterocycles. The van der Waals surface area contributed by atoms with Gasteiger partial charge in [-0.3, -0.25) is 4.79 Å². The summed E-state index contributed by atoms with van der Waals surface area (Å²) in [6.07, 6.45) is 15.3. The number of aryl methyl sites for hydroxylation is 1. The third-order valence-corrected chi connectivity index (χ3v) is 19.4. The highest BCUT2D eigenvalue weighted by Gasteiger charge is 2.66. The average Bonchev–Trinajstić information content (AvgIpc) is 3.37. The molecular weight excluding hydrogens is 943 g/mol. The Bertz CT molecular complexity index is 2520. The van der Waals surface area contributed by atoms with Crippen LogP contribution in [0.15, 0.2) is 78.4 Å². The van der Waals surface area contributed by atoms with E-state index in [2.05, 4.69) is 43.5 Å². The molecule has 2 spiro atoms. The van der Waals surface area contributed by atoms with E-state index < -0.39 is 60.4 Å². The van der Waals surface area contributed by atoms with Crippen molar-refractivity contribution in [1.82, 2.24) is 5.32 Å². The van der Waals surface area contributed by atoms with Crippen LogP contribution in [0.2, 0.25) is 0 Å². The lowest BCUT2D eigenvalue weighted by Crippen LogP contribution is -2.71. The molecule has 2 aliphatic heterocycles. The van der Waals surface area contributed by atoms with Gasteiger partial charge in [-0.1, -0.05) is 87.8 Å². The first-order chi connectivity index (χ1) is 35.5. The summed E-state index contributed by atoms with van der Waals surface area (Å²) in [5.74, 6) is -2.31. The summed E-state index contributed by atoms with van der Waals surface area (Å²) >= 11 is 0. The zero-order valence-corrected chi connectivity index (χ0v) is 43.4. The maximum atomic E-state index is 15.1. The van der Waals surface area contributed by atoms with E-state index in [1.165, 1.54) is 32.1 Å². The number of hydrogen-bond acceptors (Lipinski definition) is 14. The summed E-state index contributed by atoms with van der Waals surface area (Å²) in [4.78, 5) is 29.8. The maximum absolute atomic E-state index is 15.1. The number of ether oxygens (including phenoxy) is 4. The summed E-state index contributed by atoms with van der Waals surface area (Å²) < 4.78 is 24.3. The van der Waals surface area contributed by atoms with Gasteiger partial charge in [0.15, 0.2) is 23.7 Å². The lowest BCUT2D eigenvalue weighted by molar-refractivity contribution is -0.333. The monoisotopic (exact) mass is 1020 g/mol. The van der Waals surface area contributed by atoms with Gasteiger partial charge in [-0.15, -0.1) is 0 Å². The van der Waals surface area contributed by atoms with Gasteiger partial charge in [0, 0.05) is 43.1 Å². The number of phenols is 1. The molecule has 402 valence electrons. The van der Waals surface area contributed by atoms with E-state index in [-0.39, 0.29) is 90.1 Å². The Kier molecular flexibility index (Phi) is 15.2. The summed E-state index contributed by atoms with van der Waals surface area (Å²) in [7, 11) is 1.42. The number of methoxy groups -OCH3 is 1. The number of aliphatic hydroxyl groups is 6. The lowest BCUT2D eigenvalue weighted by Gasteiger charge is -2.67. The number of aromatic hydroxyl groups is 1. The lowest BCUT2D eigenvalue weighted by atomic mass is 9.37. The molecule has 0 radical (unpaired) electrons. The minimum Gasteiger partial charge on any atom is -0.504 e. The van der Waals surface area contributed by atoms with E-state index in [0.717, 1.165) is 36.0 Å². The van der Waals surface area contributed by atoms with Gasteiger partial charge in [-0.05, 0) is 158 Å². The Morgan fingerprint density at radius 1 is 0.946 bits per heavy atom. The number of allylic oxidation sites excluding steroid dienone is 3.